The summed E-state index contributed by atoms with van der Waals surface area (Å²) < 4.78 is 21.4. The number of benzene rings is 1. The summed E-state index contributed by atoms with van der Waals surface area (Å²) in [7, 11) is 0. The van der Waals surface area contributed by atoms with E-state index in [1.54, 1.807) is 6.07 Å². The molecule has 4 nitrogen and oxygen atoms in total. The second-order valence-electron chi connectivity index (χ2n) is 3.80. The van der Waals surface area contributed by atoms with Gasteiger partial charge in [-0.25, -0.2) is 4.39 Å². The zero-order chi connectivity index (χ0) is 13.4. The van der Waals surface area contributed by atoms with Crippen LogP contribution in [-0.2, 0) is 6.54 Å². The first-order valence-electron chi connectivity index (χ1n) is 5.46. The van der Waals surface area contributed by atoms with Gasteiger partial charge < -0.3 is 10.5 Å². The lowest BCUT2D eigenvalue weighted by atomic mass is 10.3. The number of nitrogens with zero attached hydrogens (tertiary/aromatic N) is 2. The molecule has 19 heavy (non-hydrogen) atoms. The molecule has 0 amide bonds. The number of imidazole rings is 1. The van der Waals surface area contributed by atoms with Crippen LogP contribution in [-0.4, -0.2) is 9.38 Å². The van der Waals surface area contributed by atoms with Crippen molar-refractivity contribution in [1.82, 2.24) is 9.38 Å². The topological polar surface area (TPSA) is 52.5 Å². The van der Waals surface area contributed by atoms with Crippen LogP contribution >= 0.6 is 27.3 Å². The van der Waals surface area contributed by atoms with Crippen molar-refractivity contribution in [2.24, 2.45) is 5.73 Å². The molecule has 0 atom stereocenters. The summed E-state index contributed by atoms with van der Waals surface area (Å²) in [5, 5.41) is 1.92. The number of thiazole rings is 1. The number of nitrogens with two attached hydrogens (primary N) is 1. The van der Waals surface area contributed by atoms with E-state index in [4.69, 9.17) is 10.5 Å². The van der Waals surface area contributed by atoms with Crippen molar-refractivity contribution in [3.05, 3.63) is 45.8 Å². The minimum atomic E-state index is -0.367. The van der Waals surface area contributed by atoms with Crippen LogP contribution in [0.15, 0.2) is 34.2 Å². The van der Waals surface area contributed by atoms with Crippen LogP contribution in [0.1, 0.15) is 5.69 Å². The van der Waals surface area contributed by atoms with Crippen molar-refractivity contribution in [3.63, 3.8) is 0 Å². The van der Waals surface area contributed by atoms with Crippen LogP contribution in [0.2, 0.25) is 0 Å². The van der Waals surface area contributed by atoms with Crippen LogP contribution in [0.4, 0.5) is 4.39 Å². The molecule has 3 rings (SSSR count). The van der Waals surface area contributed by atoms with E-state index in [2.05, 4.69) is 20.9 Å². The van der Waals surface area contributed by atoms with Crippen molar-refractivity contribution in [3.8, 4) is 11.6 Å². The fraction of sp³-hybridized carbons (Fsp3) is 0.0833. The van der Waals surface area contributed by atoms with Crippen LogP contribution in [0.5, 0.6) is 11.6 Å². The number of halogens is 2. The number of fused-ring (bicyclic) bond motifs is 1. The van der Waals surface area contributed by atoms with Gasteiger partial charge in [-0.3, -0.25) is 4.40 Å². The molecule has 0 fully saturated rings. The molecule has 0 aliphatic carbocycles. The molecule has 2 heterocycles. The summed E-state index contributed by atoms with van der Waals surface area (Å²) in [6.45, 7) is 0.292. The summed E-state index contributed by atoms with van der Waals surface area (Å²) in [6.07, 6.45) is 1.88. The van der Waals surface area contributed by atoms with Gasteiger partial charge in [-0.05, 0) is 28.1 Å². The van der Waals surface area contributed by atoms with E-state index >= 15 is 0 Å². The minimum absolute atomic E-state index is 0.292. The van der Waals surface area contributed by atoms with E-state index < -0.39 is 0 Å². The molecule has 3 aromatic rings. The first-order valence-corrected chi connectivity index (χ1v) is 7.13. The Labute approximate surface area is 120 Å². The van der Waals surface area contributed by atoms with E-state index in [1.165, 1.54) is 23.5 Å². The molecule has 1 aromatic carbocycles. The van der Waals surface area contributed by atoms with Gasteiger partial charge in [0.05, 0.1) is 4.47 Å². The van der Waals surface area contributed by atoms with Gasteiger partial charge in [0.15, 0.2) is 4.96 Å². The Morgan fingerprint density at radius 3 is 3.11 bits per heavy atom. The monoisotopic (exact) mass is 341 g/mol. The summed E-state index contributed by atoms with van der Waals surface area (Å²) in [5.41, 5.74) is 6.48. The zero-order valence-electron chi connectivity index (χ0n) is 9.64. The predicted molar refractivity (Wildman–Crippen MR) is 75.1 cm³/mol. The maximum atomic E-state index is 13.2. The Hall–Kier alpha value is -1.44. The second-order valence-corrected chi connectivity index (χ2v) is 5.53. The highest BCUT2D eigenvalue weighted by molar-refractivity contribution is 9.10. The molecular formula is C12H9BrFN3OS. The Morgan fingerprint density at radius 1 is 1.47 bits per heavy atom. The lowest BCUT2D eigenvalue weighted by molar-refractivity contribution is 0.452. The normalized spacial score (nSPS) is 11.1. The SMILES string of the molecule is NCc1c(Oc2cc(F)ccc2Br)nc2sccn12. The van der Waals surface area contributed by atoms with Crippen molar-refractivity contribution in [2.75, 3.05) is 0 Å². The van der Waals surface area contributed by atoms with E-state index in [9.17, 15) is 4.39 Å². The molecule has 0 radical (unpaired) electrons. The van der Waals surface area contributed by atoms with Crippen LogP contribution < -0.4 is 10.5 Å². The van der Waals surface area contributed by atoms with Gasteiger partial charge in [-0.1, -0.05) is 0 Å². The molecule has 0 aliphatic heterocycles. The van der Waals surface area contributed by atoms with Crippen molar-refractivity contribution in [2.45, 2.75) is 6.54 Å². The fourth-order valence-electron chi connectivity index (χ4n) is 1.74. The summed E-state index contributed by atoms with van der Waals surface area (Å²) in [6, 6.07) is 4.25. The van der Waals surface area contributed by atoms with Gasteiger partial charge in [0, 0.05) is 24.2 Å². The molecule has 0 unspecified atom stereocenters. The first kappa shape index (κ1) is 12.6. The molecular weight excluding hydrogens is 333 g/mol. The number of hydrogen-bond donors (Lipinski definition) is 1. The highest BCUT2D eigenvalue weighted by Gasteiger charge is 2.15. The number of ether oxygens (including phenoxy) is 1. The third-order valence-corrected chi connectivity index (χ3v) is 4.03. The summed E-state index contributed by atoms with van der Waals surface area (Å²) >= 11 is 4.80. The molecule has 98 valence electrons. The van der Waals surface area contributed by atoms with Gasteiger partial charge in [0.2, 0.25) is 5.88 Å². The lowest BCUT2D eigenvalue weighted by Crippen LogP contribution is -2.02. The Kier molecular flexibility index (Phi) is 3.26. The molecule has 0 aliphatic rings. The van der Waals surface area contributed by atoms with Crippen LogP contribution in [0.25, 0.3) is 4.96 Å². The predicted octanol–water partition coefficient (Wildman–Crippen LogP) is 3.55. The van der Waals surface area contributed by atoms with E-state index in [-0.39, 0.29) is 5.82 Å². The second kappa shape index (κ2) is 4.92. The Bertz CT molecular complexity index is 740. The van der Waals surface area contributed by atoms with Crippen LogP contribution in [0.3, 0.4) is 0 Å². The van der Waals surface area contributed by atoms with Gasteiger partial charge >= 0.3 is 0 Å². The third-order valence-electron chi connectivity index (χ3n) is 2.62. The highest BCUT2D eigenvalue weighted by Crippen LogP contribution is 2.32. The molecule has 2 aromatic heterocycles. The average Bonchev–Trinajstić information content (AvgIpc) is 2.94. The maximum absolute atomic E-state index is 13.2. The lowest BCUT2D eigenvalue weighted by Gasteiger charge is -2.06. The van der Waals surface area contributed by atoms with E-state index in [0.29, 0.717) is 22.6 Å². The van der Waals surface area contributed by atoms with E-state index in [1.807, 2.05) is 16.0 Å². The molecule has 0 bridgehead atoms. The fourth-order valence-corrected chi connectivity index (χ4v) is 2.79. The van der Waals surface area contributed by atoms with Crippen molar-refractivity contribution >= 4 is 32.2 Å². The maximum Gasteiger partial charge on any atom is 0.243 e. The summed E-state index contributed by atoms with van der Waals surface area (Å²) in [5.74, 6) is 0.412. The largest absolute Gasteiger partial charge is 0.436 e. The first-order chi connectivity index (χ1) is 9.19. The third kappa shape index (κ3) is 2.24. The van der Waals surface area contributed by atoms with Gasteiger partial charge in [-0.2, -0.15) is 4.98 Å². The average molecular weight is 342 g/mol. The molecule has 7 heteroatoms. The van der Waals surface area contributed by atoms with Crippen molar-refractivity contribution < 1.29 is 9.13 Å². The van der Waals surface area contributed by atoms with E-state index in [0.717, 1.165) is 10.7 Å². The Morgan fingerprint density at radius 2 is 2.32 bits per heavy atom. The van der Waals surface area contributed by atoms with Gasteiger partial charge in [0.1, 0.15) is 17.3 Å². The molecule has 0 saturated heterocycles. The van der Waals surface area contributed by atoms with Crippen molar-refractivity contribution in [1.29, 1.82) is 0 Å². The van der Waals surface area contributed by atoms with Gasteiger partial charge in [0.25, 0.3) is 0 Å². The number of hydrogen-bond acceptors (Lipinski definition) is 4. The highest BCUT2D eigenvalue weighted by atomic mass is 79.9. The van der Waals surface area contributed by atoms with Gasteiger partial charge in [-0.15, -0.1) is 11.3 Å². The number of rotatable bonds is 3. The van der Waals surface area contributed by atoms with Crippen LogP contribution in [0, 0.1) is 5.82 Å². The standard InChI is InChI=1S/C12H9BrFN3OS/c13-8-2-1-7(14)5-10(8)18-11-9(6-15)17-3-4-19-12(17)16-11/h1-5H,6,15H2. The minimum Gasteiger partial charge on any atom is -0.436 e. The zero-order valence-corrected chi connectivity index (χ0v) is 12.0. The quantitative estimate of drug-likeness (QED) is 0.792. The molecule has 0 spiro atoms. The number of aromatic nitrogens is 2. The Balaban J connectivity index is 2.05. The molecule has 0 saturated carbocycles. The smallest absolute Gasteiger partial charge is 0.243 e. The summed E-state index contributed by atoms with van der Waals surface area (Å²) in [4.78, 5) is 5.14. The molecule has 2 N–H and O–H groups in total.